The third-order valence-corrected chi connectivity index (χ3v) is 3.81. The van der Waals surface area contributed by atoms with E-state index in [-0.39, 0.29) is 18.9 Å². The van der Waals surface area contributed by atoms with Crippen LogP contribution in [0.15, 0.2) is 24.3 Å². The van der Waals surface area contributed by atoms with Gasteiger partial charge in [0.25, 0.3) is 0 Å². The van der Waals surface area contributed by atoms with Gasteiger partial charge < -0.3 is 14.4 Å². The molecule has 1 aromatic carbocycles. The van der Waals surface area contributed by atoms with Crippen molar-refractivity contribution in [3.05, 3.63) is 29.8 Å². The monoisotopic (exact) mass is 291 g/mol. The summed E-state index contributed by atoms with van der Waals surface area (Å²) in [5, 5.41) is 0. The van der Waals surface area contributed by atoms with Crippen LogP contribution in [0.5, 0.6) is 0 Å². The number of ether oxygens (including phenoxy) is 2. The lowest BCUT2D eigenvalue weighted by atomic mass is 9.74. The Morgan fingerprint density at radius 1 is 1.10 bits per heavy atom. The van der Waals surface area contributed by atoms with Gasteiger partial charge in [-0.3, -0.25) is 14.4 Å². The van der Waals surface area contributed by atoms with E-state index in [0.717, 1.165) is 0 Å². The summed E-state index contributed by atoms with van der Waals surface area (Å²) in [6, 6.07) is 6.82. The summed E-state index contributed by atoms with van der Waals surface area (Å²) in [4.78, 5) is 37.9. The number of rotatable bonds is 2. The Labute approximate surface area is 122 Å². The fraction of sp³-hybridized carbons (Fsp3) is 0.400. The minimum atomic E-state index is -1.52. The topological polar surface area (TPSA) is 72.9 Å². The van der Waals surface area contributed by atoms with E-state index in [1.54, 1.807) is 29.2 Å². The molecular formula is C15H17NO5. The van der Waals surface area contributed by atoms with Gasteiger partial charge >= 0.3 is 11.9 Å². The average Bonchev–Trinajstić information content (AvgIpc) is 2.51. The third-order valence-electron chi connectivity index (χ3n) is 3.81. The first-order valence-corrected chi connectivity index (χ1v) is 6.53. The van der Waals surface area contributed by atoms with Gasteiger partial charge in [-0.15, -0.1) is 0 Å². The number of hydrogen-bond donors (Lipinski definition) is 0. The fourth-order valence-electron chi connectivity index (χ4n) is 2.79. The van der Waals surface area contributed by atoms with Crippen LogP contribution in [0, 0.1) is 0 Å². The van der Waals surface area contributed by atoms with Gasteiger partial charge in [-0.2, -0.15) is 0 Å². The number of hydrogen-bond acceptors (Lipinski definition) is 5. The van der Waals surface area contributed by atoms with E-state index in [1.165, 1.54) is 21.1 Å². The highest BCUT2D eigenvalue weighted by Crippen LogP contribution is 2.41. The van der Waals surface area contributed by atoms with E-state index in [0.29, 0.717) is 11.3 Å². The molecule has 0 atom stereocenters. The molecule has 1 aromatic rings. The van der Waals surface area contributed by atoms with Gasteiger partial charge in [0.2, 0.25) is 5.91 Å². The molecule has 0 radical (unpaired) electrons. The Morgan fingerprint density at radius 2 is 1.67 bits per heavy atom. The fourth-order valence-corrected chi connectivity index (χ4v) is 2.79. The molecule has 112 valence electrons. The molecule has 1 aliphatic heterocycles. The normalized spacial score (nSPS) is 15.9. The minimum Gasteiger partial charge on any atom is -0.468 e. The van der Waals surface area contributed by atoms with Crippen molar-refractivity contribution < 1.29 is 23.9 Å². The van der Waals surface area contributed by atoms with Crippen LogP contribution in [0.2, 0.25) is 0 Å². The second-order valence-electron chi connectivity index (χ2n) is 4.83. The summed E-state index contributed by atoms with van der Waals surface area (Å²) in [7, 11) is 2.46. The first kappa shape index (κ1) is 15.0. The quantitative estimate of drug-likeness (QED) is 0.601. The van der Waals surface area contributed by atoms with Crippen LogP contribution in [-0.2, 0) is 29.3 Å². The number of nitrogens with zero attached hydrogens (tertiary/aromatic N) is 1. The van der Waals surface area contributed by atoms with Crippen molar-refractivity contribution in [3.63, 3.8) is 0 Å². The molecule has 0 bridgehead atoms. The third kappa shape index (κ3) is 2.16. The molecule has 1 amide bonds. The average molecular weight is 291 g/mol. The number of amides is 1. The minimum absolute atomic E-state index is 0.128. The SMILES string of the molecule is COC(=O)C1(C(=O)OC)CCN(C(C)=O)c2ccccc21. The molecule has 1 heterocycles. The maximum absolute atomic E-state index is 12.3. The highest BCUT2D eigenvalue weighted by molar-refractivity contribution is 6.09. The van der Waals surface area contributed by atoms with Crippen molar-refractivity contribution >= 4 is 23.5 Å². The predicted molar refractivity (Wildman–Crippen MR) is 74.8 cm³/mol. The van der Waals surface area contributed by atoms with Gasteiger partial charge in [-0.1, -0.05) is 18.2 Å². The van der Waals surface area contributed by atoms with Crippen LogP contribution in [-0.4, -0.2) is 38.6 Å². The molecule has 0 spiro atoms. The zero-order valence-electron chi connectivity index (χ0n) is 12.2. The number of carbonyl (C=O) groups is 3. The Bertz CT molecular complexity index is 579. The molecule has 0 aliphatic carbocycles. The lowest BCUT2D eigenvalue weighted by molar-refractivity contribution is -0.162. The summed E-state index contributed by atoms with van der Waals surface area (Å²) >= 11 is 0. The molecule has 0 saturated heterocycles. The number of methoxy groups -OCH3 is 2. The summed E-state index contributed by atoms with van der Waals surface area (Å²) in [5.74, 6) is -1.50. The first-order valence-electron chi connectivity index (χ1n) is 6.53. The number of carbonyl (C=O) groups excluding carboxylic acids is 3. The van der Waals surface area contributed by atoms with E-state index in [2.05, 4.69) is 0 Å². The van der Waals surface area contributed by atoms with E-state index in [9.17, 15) is 14.4 Å². The Hall–Kier alpha value is -2.37. The smallest absolute Gasteiger partial charge is 0.327 e. The molecule has 0 N–H and O–H groups in total. The van der Waals surface area contributed by atoms with Gasteiger partial charge in [0.05, 0.1) is 14.2 Å². The van der Waals surface area contributed by atoms with Crippen LogP contribution in [0.1, 0.15) is 18.9 Å². The zero-order valence-corrected chi connectivity index (χ0v) is 12.2. The molecule has 0 aromatic heterocycles. The van der Waals surface area contributed by atoms with Crippen molar-refractivity contribution in [2.45, 2.75) is 18.8 Å². The van der Waals surface area contributed by atoms with E-state index in [4.69, 9.17) is 9.47 Å². The van der Waals surface area contributed by atoms with Crippen molar-refractivity contribution in [1.29, 1.82) is 0 Å². The lowest BCUT2D eigenvalue weighted by Gasteiger charge is -2.38. The molecule has 6 heteroatoms. The standard InChI is InChI=1S/C15H17NO5/c1-10(17)16-9-8-15(13(18)20-2,14(19)21-3)11-6-4-5-7-12(11)16/h4-7H,8-9H2,1-3H3. The largest absolute Gasteiger partial charge is 0.468 e. The highest BCUT2D eigenvalue weighted by atomic mass is 16.5. The summed E-state index contributed by atoms with van der Waals surface area (Å²) in [6.07, 6.45) is 0.128. The van der Waals surface area contributed by atoms with E-state index < -0.39 is 17.4 Å². The second kappa shape index (κ2) is 5.55. The Kier molecular flexibility index (Phi) is 3.97. The highest BCUT2D eigenvalue weighted by Gasteiger charge is 2.54. The van der Waals surface area contributed by atoms with Crippen LogP contribution >= 0.6 is 0 Å². The van der Waals surface area contributed by atoms with Crippen molar-refractivity contribution in [2.24, 2.45) is 0 Å². The summed E-state index contributed by atoms with van der Waals surface area (Å²) in [6.45, 7) is 1.69. The molecule has 0 unspecified atom stereocenters. The molecular weight excluding hydrogens is 274 g/mol. The molecule has 0 saturated carbocycles. The lowest BCUT2D eigenvalue weighted by Crippen LogP contribution is -2.52. The van der Waals surface area contributed by atoms with Gasteiger partial charge in [-0.05, 0) is 12.5 Å². The van der Waals surface area contributed by atoms with Crippen LogP contribution < -0.4 is 4.90 Å². The van der Waals surface area contributed by atoms with Gasteiger partial charge in [0, 0.05) is 24.7 Å². The van der Waals surface area contributed by atoms with E-state index in [1.807, 2.05) is 0 Å². The van der Waals surface area contributed by atoms with Crippen molar-refractivity contribution in [2.75, 3.05) is 25.7 Å². The van der Waals surface area contributed by atoms with Crippen LogP contribution in [0.4, 0.5) is 5.69 Å². The molecule has 2 rings (SSSR count). The molecule has 1 aliphatic rings. The van der Waals surface area contributed by atoms with Crippen molar-refractivity contribution in [3.8, 4) is 0 Å². The number of benzene rings is 1. The summed E-state index contributed by atoms with van der Waals surface area (Å²) < 4.78 is 9.65. The maximum atomic E-state index is 12.3. The first-order chi connectivity index (χ1) is 9.98. The number of para-hydroxylation sites is 1. The summed E-state index contributed by atoms with van der Waals surface area (Å²) in [5.41, 5.74) is -0.552. The van der Waals surface area contributed by atoms with E-state index >= 15 is 0 Å². The second-order valence-corrected chi connectivity index (χ2v) is 4.83. The number of esters is 2. The predicted octanol–water partition coefficient (Wildman–Crippen LogP) is 1.03. The molecule has 6 nitrogen and oxygen atoms in total. The number of anilines is 1. The Balaban J connectivity index is 2.68. The van der Waals surface area contributed by atoms with Gasteiger partial charge in [0.1, 0.15) is 0 Å². The maximum Gasteiger partial charge on any atom is 0.327 e. The molecule has 0 fully saturated rings. The van der Waals surface area contributed by atoms with Gasteiger partial charge in [-0.25, -0.2) is 0 Å². The zero-order chi connectivity index (χ0) is 15.6. The number of fused-ring (bicyclic) bond motifs is 1. The van der Waals surface area contributed by atoms with Crippen molar-refractivity contribution in [1.82, 2.24) is 0 Å². The van der Waals surface area contributed by atoms with Crippen LogP contribution in [0.25, 0.3) is 0 Å². The Morgan fingerprint density at radius 3 is 2.19 bits per heavy atom. The van der Waals surface area contributed by atoms with Gasteiger partial charge in [0.15, 0.2) is 5.41 Å². The van der Waals surface area contributed by atoms with Crippen LogP contribution in [0.3, 0.4) is 0 Å². The molecule has 21 heavy (non-hydrogen) atoms.